The number of aromatic nitrogens is 2. The molecule has 8 nitrogen and oxygen atoms in total. The monoisotopic (exact) mass is 472 g/mol. The van der Waals surface area contributed by atoms with Gasteiger partial charge >= 0.3 is 0 Å². The molecule has 0 bridgehead atoms. The summed E-state index contributed by atoms with van der Waals surface area (Å²) in [5.41, 5.74) is 10.1. The number of amides is 1. The summed E-state index contributed by atoms with van der Waals surface area (Å²) < 4.78 is 5.28. The molecule has 4 aromatic rings. The molecule has 0 aliphatic rings. The SMILES string of the molecule is COc1cc2ncc(C#N)c(Nc3ccc(N(Cc4cccnc4)C(C)=O)c(Cl)c3)c2cc1N. The molecular weight excluding hydrogens is 452 g/mol. The Morgan fingerprint density at radius 3 is 2.74 bits per heavy atom. The molecule has 9 heteroatoms. The Kier molecular flexibility index (Phi) is 6.48. The van der Waals surface area contributed by atoms with Crippen molar-refractivity contribution in [2.75, 3.05) is 23.1 Å². The van der Waals surface area contributed by atoms with E-state index in [1.165, 1.54) is 20.2 Å². The zero-order chi connectivity index (χ0) is 24.2. The van der Waals surface area contributed by atoms with Crippen molar-refractivity contribution in [3.05, 3.63) is 77.2 Å². The van der Waals surface area contributed by atoms with Gasteiger partial charge in [-0.15, -0.1) is 0 Å². The van der Waals surface area contributed by atoms with Gasteiger partial charge < -0.3 is 20.7 Å². The number of benzene rings is 2. The number of nitrogens with one attached hydrogen (secondary N) is 1. The van der Waals surface area contributed by atoms with Crippen molar-refractivity contribution >= 4 is 51.2 Å². The Bertz CT molecular complexity index is 1420. The number of nitriles is 1. The summed E-state index contributed by atoms with van der Waals surface area (Å²) in [6, 6.07) is 14.6. The lowest BCUT2D eigenvalue weighted by Gasteiger charge is -2.23. The second kappa shape index (κ2) is 9.65. The molecule has 0 unspecified atom stereocenters. The molecule has 170 valence electrons. The van der Waals surface area contributed by atoms with Crippen LogP contribution in [0.5, 0.6) is 5.75 Å². The zero-order valence-corrected chi connectivity index (χ0v) is 19.3. The molecule has 2 heterocycles. The Morgan fingerprint density at radius 2 is 2.09 bits per heavy atom. The molecule has 0 radical (unpaired) electrons. The van der Waals surface area contributed by atoms with Gasteiger partial charge in [0.2, 0.25) is 5.91 Å². The number of hydrogen-bond donors (Lipinski definition) is 2. The molecule has 4 rings (SSSR count). The van der Waals surface area contributed by atoms with Crippen LogP contribution < -0.4 is 20.7 Å². The topological polar surface area (TPSA) is 117 Å². The lowest BCUT2D eigenvalue weighted by molar-refractivity contribution is -0.116. The van der Waals surface area contributed by atoms with Crippen molar-refractivity contribution in [1.82, 2.24) is 9.97 Å². The van der Waals surface area contributed by atoms with E-state index in [1.54, 1.807) is 47.6 Å². The summed E-state index contributed by atoms with van der Waals surface area (Å²) in [5.74, 6) is 0.351. The fourth-order valence-corrected chi connectivity index (χ4v) is 3.90. The average molecular weight is 473 g/mol. The standard InChI is InChI=1S/C25H21ClN6O2/c1-15(33)32(14-16-4-3-7-29-12-16)23-6-5-18(8-20(23)26)31-25-17(11-27)13-30-22-10-24(34-2)21(28)9-19(22)25/h3-10,12-13H,14,28H2,1-2H3,(H,30,31). The van der Waals surface area contributed by atoms with E-state index in [9.17, 15) is 10.1 Å². The minimum atomic E-state index is -0.150. The lowest BCUT2D eigenvalue weighted by Crippen LogP contribution is -2.28. The molecule has 1 amide bonds. The maximum atomic E-state index is 12.4. The number of pyridine rings is 2. The number of nitrogen functional groups attached to an aromatic ring is 1. The molecule has 3 N–H and O–H groups in total. The summed E-state index contributed by atoms with van der Waals surface area (Å²) in [5, 5.41) is 13.9. The highest BCUT2D eigenvalue weighted by Gasteiger charge is 2.17. The number of nitrogens with zero attached hydrogens (tertiary/aromatic N) is 4. The Morgan fingerprint density at radius 1 is 1.26 bits per heavy atom. The molecule has 2 aromatic heterocycles. The van der Waals surface area contributed by atoms with Gasteiger partial charge in [0.15, 0.2) is 0 Å². The number of carbonyl (C=O) groups excluding carboxylic acids is 1. The van der Waals surface area contributed by atoms with Gasteiger partial charge in [-0.05, 0) is 35.9 Å². The van der Waals surface area contributed by atoms with Crippen LogP contribution >= 0.6 is 11.6 Å². The number of halogens is 1. The molecular formula is C25H21ClN6O2. The first-order valence-corrected chi connectivity index (χ1v) is 10.7. The Hall–Kier alpha value is -4.35. The highest BCUT2D eigenvalue weighted by atomic mass is 35.5. The number of anilines is 4. The first kappa shape index (κ1) is 22.8. The van der Waals surface area contributed by atoms with Crippen LogP contribution in [0.25, 0.3) is 10.9 Å². The minimum absolute atomic E-state index is 0.150. The third-order valence-electron chi connectivity index (χ3n) is 5.29. The summed E-state index contributed by atoms with van der Waals surface area (Å²) in [7, 11) is 1.53. The van der Waals surface area contributed by atoms with Crippen molar-refractivity contribution < 1.29 is 9.53 Å². The van der Waals surface area contributed by atoms with Crippen molar-refractivity contribution in [3.8, 4) is 11.8 Å². The molecule has 0 saturated heterocycles. The van der Waals surface area contributed by atoms with E-state index in [4.69, 9.17) is 22.1 Å². The average Bonchev–Trinajstić information content (AvgIpc) is 2.83. The Balaban J connectivity index is 1.71. The molecule has 0 saturated carbocycles. The molecule has 0 aliphatic heterocycles. The molecule has 2 aromatic carbocycles. The summed E-state index contributed by atoms with van der Waals surface area (Å²) in [6.45, 7) is 1.82. The number of fused-ring (bicyclic) bond motifs is 1. The fourth-order valence-electron chi connectivity index (χ4n) is 3.62. The van der Waals surface area contributed by atoms with Crippen LogP contribution in [-0.4, -0.2) is 23.0 Å². The summed E-state index contributed by atoms with van der Waals surface area (Å²) in [6.07, 6.45) is 4.87. The molecule has 0 atom stereocenters. The van der Waals surface area contributed by atoms with Crippen molar-refractivity contribution in [2.45, 2.75) is 13.5 Å². The summed E-state index contributed by atoms with van der Waals surface area (Å²) >= 11 is 6.59. The van der Waals surface area contributed by atoms with E-state index in [1.807, 2.05) is 12.1 Å². The predicted octanol–water partition coefficient (Wildman–Crippen LogP) is 5.04. The molecule has 34 heavy (non-hydrogen) atoms. The number of ether oxygens (including phenoxy) is 1. The van der Waals surface area contributed by atoms with Crippen molar-refractivity contribution in [2.24, 2.45) is 0 Å². The molecule has 0 fully saturated rings. The number of hydrogen-bond acceptors (Lipinski definition) is 7. The first-order chi connectivity index (χ1) is 16.4. The smallest absolute Gasteiger partial charge is 0.224 e. The van der Waals surface area contributed by atoms with Crippen molar-refractivity contribution in [3.63, 3.8) is 0 Å². The van der Waals surface area contributed by atoms with Crippen molar-refractivity contribution in [1.29, 1.82) is 5.26 Å². The summed E-state index contributed by atoms with van der Waals surface area (Å²) in [4.78, 5) is 22.4. The Labute approximate surface area is 201 Å². The quantitative estimate of drug-likeness (QED) is 0.377. The van der Waals surface area contributed by atoms with E-state index >= 15 is 0 Å². The largest absolute Gasteiger partial charge is 0.495 e. The van der Waals surface area contributed by atoms with Crippen LogP contribution in [-0.2, 0) is 11.3 Å². The normalized spacial score (nSPS) is 10.5. The van der Waals surface area contributed by atoms with E-state index in [0.29, 0.717) is 56.5 Å². The number of carbonyl (C=O) groups is 1. The molecule has 0 aliphatic carbocycles. The molecule has 0 spiro atoms. The van der Waals surface area contributed by atoms with Crippen LogP contribution in [0, 0.1) is 11.3 Å². The van der Waals surface area contributed by atoms with E-state index in [0.717, 1.165) is 5.56 Å². The van der Waals surface area contributed by atoms with E-state index < -0.39 is 0 Å². The third-order valence-corrected chi connectivity index (χ3v) is 5.59. The first-order valence-electron chi connectivity index (χ1n) is 10.3. The van der Waals surface area contributed by atoms with Gasteiger partial charge in [0.1, 0.15) is 11.8 Å². The second-order valence-electron chi connectivity index (χ2n) is 7.53. The van der Waals surface area contributed by atoms with E-state index in [2.05, 4.69) is 21.4 Å². The van der Waals surface area contributed by atoms with Crippen LogP contribution in [0.4, 0.5) is 22.7 Å². The number of methoxy groups -OCH3 is 1. The van der Waals surface area contributed by atoms with E-state index in [-0.39, 0.29) is 5.91 Å². The van der Waals surface area contributed by atoms with Gasteiger partial charge in [0.05, 0.1) is 46.8 Å². The van der Waals surface area contributed by atoms with Crippen LogP contribution in [0.2, 0.25) is 5.02 Å². The van der Waals surface area contributed by atoms with Crippen LogP contribution in [0.15, 0.2) is 61.1 Å². The zero-order valence-electron chi connectivity index (χ0n) is 18.5. The highest BCUT2D eigenvalue weighted by Crippen LogP contribution is 2.36. The second-order valence-corrected chi connectivity index (χ2v) is 7.93. The third kappa shape index (κ3) is 4.56. The fraction of sp³-hybridized carbons (Fsp3) is 0.120. The highest BCUT2D eigenvalue weighted by molar-refractivity contribution is 6.34. The number of rotatable bonds is 6. The van der Waals surface area contributed by atoms with Gasteiger partial charge in [-0.1, -0.05) is 17.7 Å². The van der Waals surface area contributed by atoms with Gasteiger partial charge in [0.25, 0.3) is 0 Å². The minimum Gasteiger partial charge on any atom is -0.495 e. The maximum Gasteiger partial charge on any atom is 0.224 e. The van der Waals surface area contributed by atoms with Gasteiger partial charge in [-0.25, -0.2) is 0 Å². The van der Waals surface area contributed by atoms with Gasteiger partial charge in [-0.3, -0.25) is 14.8 Å². The van der Waals surface area contributed by atoms with Crippen LogP contribution in [0.1, 0.15) is 18.1 Å². The van der Waals surface area contributed by atoms with Gasteiger partial charge in [-0.2, -0.15) is 5.26 Å². The van der Waals surface area contributed by atoms with Crippen LogP contribution in [0.3, 0.4) is 0 Å². The predicted molar refractivity (Wildman–Crippen MR) is 133 cm³/mol. The lowest BCUT2D eigenvalue weighted by atomic mass is 10.1. The van der Waals surface area contributed by atoms with Gasteiger partial charge in [0, 0.05) is 42.7 Å². The maximum absolute atomic E-state index is 12.4. The number of nitrogens with two attached hydrogens (primary N) is 1.